The van der Waals surface area contributed by atoms with Crippen LogP contribution < -0.4 is 0 Å². The zero-order chi connectivity index (χ0) is 14.5. The predicted molar refractivity (Wildman–Crippen MR) is 71.3 cm³/mol. The number of rotatable bonds is 5. The molecule has 0 amide bonds. The van der Waals surface area contributed by atoms with Crippen molar-refractivity contribution in [2.24, 2.45) is 0 Å². The molecular formula is C15H14F2N2O. The van der Waals surface area contributed by atoms with Crippen LogP contribution in [-0.2, 0) is 6.54 Å². The Morgan fingerprint density at radius 2 is 1.90 bits per heavy atom. The molecular weight excluding hydrogens is 262 g/mol. The van der Waals surface area contributed by atoms with Crippen molar-refractivity contribution in [1.29, 1.82) is 0 Å². The summed E-state index contributed by atoms with van der Waals surface area (Å²) in [6.45, 7) is 0.549. The van der Waals surface area contributed by atoms with E-state index >= 15 is 0 Å². The second-order valence-electron chi connectivity index (χ2n) is 4.58. The average Bonchev–Trinajstić information content (AvgIpc) is 2.42. The zero-order valence-corrected chi connectivity index (χ0v) is 11.0. The number of benzene rings is 1. The van der Waals surface area contributed by atoms with Crippen molar-refractivity contribution in [2.45, 2.75) is 6.54 Å². The van der Waals surface area contributed by atoms with E-state index in [1.165, 1.54) is 0 Å². The minimum Gasteiger partial charge on any atom is -0.295 e. The predicted octanol–water partition coefficient (Wildman–Crippen LogP) is 2.67. The summed E-state index contributed by atoms with van der Waals surface area (Å²) in [4.78, 5) is 17.6. The lowest BCUT2D eigenvalue weighted by Crippen LogP contribution is -2.26. The van der Waals surface area contributed by atoms with Crippen LogP contribution in [0.2, 0.25) is 0 Å². The molecule has 2 rings (SSSR count). The van der Waals surface area contributed by atoms with Gasteiger partial charge in [0.25, 0.3) is 0 Å². The van der Waals surface area contributed by atoms with E-state index < -0.39 is 17.4 Å². The van der Waals surface area contributed by atoms with Crippen molar-refractivity contribution < 1.29 is 13.6 Å². The molecule has 0 fully saturated rings. The monoisotopic (exact) mass is 276 g/mol. The number of nitrogens with zero attached hydrogens (tertiary/aromatic N) is 2. The van der Waals surface area contributed by atoms with Gasteiger partial charge in [0.15, 0.2) is 5.78 Å². The number of hydrogen-bond donors (Lipinski definition) is 0. The number of likely N-dealkylation sites (N-methyl/N-ethyl adjacent to an activating group) is 1. The highest BCUT2D eigenvalue weighted by Crippen LogP contribution is 2.11. The normalized spacial score (nSPS) is 10.8. The summed E-state index contributed by atoms with van der Waals surface area (Å²) < 4.78 is 26.5. The zero-order valence-electron chi connectivity index (χ0n) is 11.0. The number of carbonyl (C=O) groups is 1. The highest BCUT2D eigenvalue weighted by atomic mass is 19.1. The number of halogens is 2. The van der Waals surface area contributed by atoms with E-state index in [1.54, 1.807) is 24.3 Å². The van der Waals surface area contributed by atoms with Crippen LogP contribution in [0, 0.1) is 11.6 Å². The Bertz CT molecular complexity index is 602. The van der Waals surface area contributed by atoms with Gasteiger partial charge in [-0.05, 0) is 42.9 Å². The fourth-order valence-corrected chi connectivity index (χ4v) is 1.90. The molecule has 0 saturated heterocycles. The topological polar surface area (TPSA) is 33.2 Å². The maximum Gasteiger partial charge on any atom is 0.179 e. The van der Waals surface area contributed by atoms with E-state index in [0.29, 0.717) is 6.54 Å². The number of aromatic nitrogens is 1. The molecule has 0 aliphatic heterocycles. The van der Waals surface area contributed by atoms with Crippen molar-refractivity contribution in [2.75, 3.05) is 13.6 Å². The van der Waals surface area contributed by atoms with Crippen molar-refractivity contribution in [3.63, 3.8) is 0 Å². The SMILES string of the molecule is CN(CC(=O)c1cc(F)ccc1F)Cc1ccncc1. The van der Waals surface area contributed by atoms with Crippen molar-refractivity contribution >= 4 is 5.78 Å². The van der Waals surface area contributed by atoms with Gasteiger partial charge in [-0.3, -0.25) is 14.7 Å². The minimum atomic E-state index is -0.700. The Morgan fingerprint density at radius 3 is 2.60 bits per heavy atom. The van der Waals surface area contributed by atoms with Crippen LogP contribution in [-0.4, -0.2) is 29.3 Å². The van der Waals surface area contributed by atoms with Gasteiger partial charge in [0.05, 0.1) is 12.1 Å². The van der Waals surface area contributed by atoms with Gasteiger partial charge >= 0.3 is 0 Å². The molecule has 0 aliphatic carbocycles. The van der Waals surface area contributed by atoms with Crippen LogP contribution in [0.1, 0.15) is 15.9 Å². The third-order valence-electron chi connectivity index (χ3n) is 2.84. The molecule has 0 saturated carbocycles. The molecule has 1 heterocycles. The van der Waals surface area contributed by atoms with Gasteiger partial charge in [0.2, 0.25) is 0 Å². The van der Waals surface area contributed by atoms with Crippen molar-refractivity contribution in [3.05, 3.63) is 65.5 Å². The van der Waals surface area contributed by atoms with Gasteiger partial charge in [0.1, 0.15) is 11.6 Å². The second-order valence-corrected chi connectivity index (χ2v) is 4.58. The van der Waals surface area contributed by atoms with Crippen LogP contribution >= 0.6 is 0 Å². The Hall–Kier alpha value is -2.14. The Morgan fingerprint density at radius 1 is 1.20 bits per heavy atom. The Balaban J connectivity index is 2.02. The number of Topliss-reactive ketones (excluding diaryl/α,β-unsaturated/α-hetero) is 1. The summed E-state index contributed by atoms with van der Waals surface area (Å²) >= 11 is 0. The summed E-state index contributed by atoms with van der Waals surface area (Å²) in [5.41, 5.74) is 0.779. The maximum absolute atomic E-state index is 13.5. The molecule has 0 unspecified atom stereocenters. The first kappa shape index (κ1) is 14.3. The van der Waals surface area contributed by atoms with E-state index in [1.807, 2.05) is 12.1 Å². The molecule has 0 N–H and O–H groups in total. The lowest BCUT2D eigenvalue weighted by Gasteiger charge is -2.15. The minimum absolute atomic E-state index is 0.0166. The summed E-state index contributed by atoms with van der Waals surface area (Å²) in [6, 6.07) is 6.56. The molecule has 1 aromatic heterocycles. The number of hydrogen-bond acceptors (Lipinski definition) is 3. The molecule has 0 aliphatic rings. The quantitative estimate of drug-likeness (QED) is 0.787. The highest BCUT2D eigenvalue weighted by Gasteiger charge is 2.15. The highest BCUT2D eigenvalue weighted by molar-refractivity contribution is 5.97. The summed E-state index contributed by atoms with van der Waals surface area (Å²) in [7, 11) is 1.75. The number of ketones is 1. The molecule has 104 valence electrons. The standard InChI is InChI=1S/C15H14F2N2O/c1-19(9-11-4-6-18-7-5-11)10-15(20)13-8-12(16)2-3-14(13)17/h2-8H,9-10H2,1H3. The van der Waals surface area contributed by atoms with Crippen LogP contribution in [0.5, 0.6) is 0 Å². The van der Waals surface area contributed by atoms with Gasteiger partial charge in [-0.2, -0.15) is 0 Å². The molecule has 0 radical (unpaired) electrons. The average molecular weight is 276 g/mol. The lowest BCUT2D eigenvalue weighted by molar-refractivity contribution is 0.0938. The molecule has 3 nitrogen and oxygen atoms in total. The third-order valence-corrected chi connectivity index (χ3v) is 2.84. The van der Waals surface area contributed by atoms with Gasteiger partial charge < -0.3 is 0 Å². The molecule has 20 heavy (non-hydrogen) atoms. The van der Waals surface area contributed by atoms with E-state index in [-0.39, 0.29) is 12.1 Å². The van der Waals surface area contributed by atoms with E-state index in [0.717, 1.165) is 23.8 Å². The van der Waals surface area contributed by atoms with Gasteiger partial charge in [-0.1, -0.05) is 0 Å². The summed E-state index contributed by atoms with van der Waals surface area (Å²) in [5, 5.41) is 0. The number of carbonyl (C=O) groups excluding carboxylic acids is 1. The molecule has 0 spiro atoms. The van der Waals surface area contributed by atoms with Crippen LogP contribution in [0.15, 0.2) is 42.7 Å². The first-order chi connectivity index (χ1) is 9.56. The summed E-state index contributed by atoms with van der Waals surface area (Å²) in [5.74, 6) is -1.76. The first-order valence-electron chi connectivity index (χ1n) is 6.12. The molecule has 5 heteroatoms. The van der Waals surface area contributed by atoms with Gasteiger partial charge in [-0.15, -0.1) is 0 Å². The fraction of sp³-hybridized carbons (Fsp3) is 0.200. The maximum atomic E-state index is 13.5. The Labute approximate surface area is 115 Å². The largest absolute Gasteiger partial charge is 0.295 e. The third kappa shape index (κ3) is 3.68. The van der Waals surface area contributed by atoms with Crippen LogP contribution in [0.25, 0.3) is 0 Å². The van der Waals surface area contributed by atoms with Gasteiger partial charge in [0, 0.05) is 18.9 Å². The van der Waals surface area contributed by atoms with Crippen LogP contribution in [0.3, 0.4) is 0 Å². The summed E-state index contributed by atoms with van der Waals surface area (Å²) in [6.07, 6.45) is 3.33. The fourth-order valence-electron chi connectivity index (χ4n) is 1.90. The van der Waals surface area contributed by atoms with Gasteiger partial charge in [-0.25, -0.2) is 8.78 Å². The van der Waals surface area contributed by atoms with Crippen LogP contribution in [0.4, 0.5) is 8.78 Å². The molecule has 1 aromatic carbocycles. The van der Waals surface area contributed by atoms with E-state index in [9.17, 15) is 13.6 Å². The van der Waals surface area contributed by atoms with Crippen molar-refractivity contribution in [3.8, 4) is 0 Å². The molecule has 2 aromatic rings. The van der Waals surface area contributed by atoms with E-state index in [4.69, 9.17) is 0 Å². The molecule has 0 bridgehead atoms. The Kier molecular flexibility index (Phi) is 4.53. The number of pyridine rings is 1. The second kappa shape index (κ2) is 6.34. The first-order valence-corrected chi connectivity index (χ1v) is 6.12. The molecule has 0 atom stereocenters. The lowest BCUT2D eigenvalue weighted by atomic mass is 10.1. The van der Waals surface area contributed by atoms with Crippen molar-refractivity contribution in [1.82, 2.24) is 9.88 Å². The van der Waals surface area contributed by atoms with E-state index in [2.05, 4.69) is 4.98 Å². The smallest absolute Gasteiger partial charge is 0.179 e.